The number of anilines is 2. The number of carbonyl (C=O) groups is 1. The monoisotopic (exact) mass is 460 g/mol. The molecule has 2 aromatic heterocycles. The van der Waals surface area contributed by atoms with Crippen LogP contribution in [0.1, 0.15) is 61.1 Å². The van der Waals surface area contributed by atoms with Crippen LogP contribution in [0.3, 0.4) is 0 Å². The van der Waals surface area contributed by atoms with E-state index in [1.54, 1.807) is 19.5 Å². The van der Waals surface area contributed by atoms with E-state index < -0.39 is 0 Å². The molecule has 0 atom stereocenters. The van der Waals surface area contributed by atoms with Crippen molar-refractivity contribution in [2.45, 2.75) is 51.9 Å². The molecule has 1 aliphatic carbocycles. The summed E-state index contributed by atoms with van der Waals surface area (Å²) >= 11 is 0. The second kappa shape index (κ2) is 9.89. The van der Waals surface area contributed by atoms with Crippen molar-refractivity contribution in [2.75, 3.05) is 25.2 Å². The smallest absolute Gasteiger partial charge is 0.229 e. The molecule has 34 heavy (non-hydrogen) atoms. The number of hydrogen-bond acceptors (Lipinski definition) is 7. The second-order valence-corrected chi connectivity index (χ2v) is 8.65. The molecule has 0 saturated heterocycles. The van der Waals surface area contributed by atoms with Gasteiger partial charge in [0.05, 0.1) is 12.8 Å². The number of aliphatic hydroxyl groups is 1. The Morgan fingerprint density at radius 1 is 1.15 bits per heavy atom. The van der Waals surface area contributed by atoms with Crippen LogP contribution in [0.15, 0.2) is 42.7 Å². The molecule has 1 saturated carbocycles. The summed E-state index contributed by atoms with van der Waals surface area (Å²) in [6.07, 6.45) is 6.68. The number of benzene rings is 1. The van der Waals surface area contributed by atoms with Crippen molar-refractivity contribution >= 4 is 17.4 Å². The predicted octanol–water partition coefficient (Wildman–Crippen LogP) is 5.02. The highest BCUT2D eigenvalue weighted by Gasteiger charge is 2.52. The summed E-state index contributed by atoms with van der Waals surface area (Å²) in [7, 11) is 1.64. The lowest BCUT2D eigenvalue weighted by Crippen LogP contribution is -2.21. The number of Topliss-reactive ketones (excluding diaryl/α,β-unsaturated/α-hetero) is 1. The molecular weight excluding hydrogens is 428 g/mol. The Kier molecular flexibility index (Phi) is 6.93. The van der Waals surface area contributed by atoms with Crippen LogP contribution in [0.5, 0.6) is 5.75 Å². The number of aromatic nitrogens is 3. The molecule has 0 amide bonds. The number of aryl methyl sites for hydroxylation is 1. The normalized spacial score (nSPS) is 14.9. The summed E-state index contributed by atoms with van der Waals surface area (Å²) in [4.78, 5) is 28.5. The molecule has 7 heteroatoms. The zero-order chi connectivity index (χ0) is 24.3. The highest BCUT2D eigenvalue weighted by Crippen LogP contribution is 2.57. The second-order valence-electron chi connectivity index (χ2n) is 8.65. The van der Waals surface area contributed by atoms with Gasteiger partial charge in [0, 0.05) is 72.0 Å². The first-order chi connectivity index (χ1) is 16.5. The third-order valence-electron chi connectivity index (χ3n) is 6.40. The van der Waals surface area contributed by atoms with Gasteiger partial charge in [0.2, 0.25) is 5.95 Å². The van der Waals surface area contributed by atoms with Crippen LogP contribution >= 0.6 is 0 Å². The maximum absolute atomic E-state index is 12.5. The number of aliphatic hydroxyl groups excluding tert-OH is 1. The zero-order valence-electron chi connectivity index (χ0n) is 20.3. The van der Waals surface area contributed by atoms with Crippen LogP contribution < -0.4 is 9.64 Å². The van der Waals surface area contributed by atoms with Gasteiger partial charge in [-0.3, -0.25) is 9.78 Å². The van der Waals surface area contributed by atoms with E-state index >= 15 is 0 Å². The Labute approximate surface area is 200 Å². The Balaban J connectivity index is 0.00000133. The number of ether oxygens (including phenoxy) is 1. The van der Waals surface area contributed by atoms with Crippen LogP contribution in [0.4, 0.5) is 11.6 Å². The van der Waals surface area contributed by atoms with Crippen LogP contribution in [0.2, 0.25) is 0 Å². The summed E-state index contributed by atoms with van der Waals surface area (Å²) in [5.41, 5.74) is 5.57. The van der Waals surface area contributed by atoms with Gasteiger partial charge in [-0.2, -0.15) is 0 Å². The minimum atomic E-state index is 0.0216. The maximum Gasteiger partial charge on any atom is 0.229 e. The third kappa shape index (κ3) is 4.53. The number of pyridine rings is 1. The number of nitrogens with zero attached hydrogens (tertiary/aromatic N) is 4. The topological polar surface area (TPSA) is 88.4 Å². The summed E-state index contributed by atoms with van der Waals surface area (Å²) in [5, 5.41) is 9.05. The quantitative estimate of drug-likeness (QED) is 0.495. The third-order valence-corrected chi connectivity index (χ3v) is 6.40. The fourth-order valence-electron chi connectivity index (χ4n) is 4.49. The van der Waals surface area contributed by atoms with E-state index in [2.05, 4.69) is 25.9 Å². The van der Waals surface area contributed by atoms with Crippen LogP contribution in [0, 0.1) is 6.92 Å². The molecule has 2 aliphatic rings. The van der Waals surface area contributed by atoms with Crippen molar-refractivity contribution in [3.05, 3.63) is 59.5 Å². The molecular formula is C27H32N4O3. The van der Waals surface area contributed by atoms with E-state index in [9.17, 15) is 4.79 Å². The lowest BCUT2D eigenvalue weighted by atomic mass is 9.96. The van der Waals surface area contributed by atoms with Crippen LogP contribution in [-0.2, 0) is 5.41 Å². The van der Waals surface area contributed by atoms with Crippen molar-refractivity contribution in [1.82, 2.24) is 15.0 Å². The van der Waals surface area contributed by atoms with Crippen molar-refractivity contribution < 1.29 is 14.6 Å². The van der Waals surface area contributed by atoms with Gasteiger partial charge >= 0.3 is 0 Å². The van der Waals surface area contributed by atoms with Gasteiger partial charge < -0.3 is 14.7 Å². The molecule has 3 heterocycles. The van der Waals surface area contributed by atoms with Gasteiger partial charge in [-0.15, -0.1) is 0 Å². The number of methoxy groups -OCH3 is 1. The Bertz CT molecular complexity index is 1170. The molecule has 1 aliphatic heterocycles. The molecule has 5 rings (SSSR count). The minimum absolute atomic E-state index is 0.0216. The van der Waals surface area contributed by atoms with Gasteiger partial charge in [0.15, 0.2) is 5.78 Å². The molecule has 0 radical (unpaired) electrons. The first-order valence-corrected chi connectivity index (χ1v) is 11.9. The lowest BCUT2D eigenvalue weighted by molar-refractivity contribution is 0.0971. The van der Waals surface area contributed by atoms with E-state index in [-0.39, 0.29) is 17.8 Å². The van der Waals surface area contributed by atoms with Gasteiger partial charge in [-0.1, -0.05) is 26.0 Å². The summed E-state index contributed by atoms with van der Waals surface area (Å²) in [6.45, 7) is 6.77. The molecule has 0 bridgehead atoms. The molecule has 1 N–H and O–H groups in total. The molecule has 1 spiro atoms. The Morgan fingerprint density at radius 2 is 1.88 bits per heavy atom. The Morgan fingerprint density at radius 3 is 2.53 bits per heavy atom. The van der Waals surface area contributed by atoms with E-state index in [4.69, 9.17) is 9.84 Å². The molecule has 1 fully saturated rings. The van der Waals surface area contributed by atoms with Crippen molar-refractivity contribution in [3.63, 3.8) is 0 Å². The maximum atomic E-state index is 12.5. The first-order valence-electron chi connectivity index (χ1n) is 11.9. The SMILES string of the molecule is CC.COc1cc(C)nc(-c2cnc(N3CC4(CC4)c4ccc(C(=O)CCCO)cc43)nc2)c1. The number of fused-ring (bicyclic) bond motifs is 2. The summed E-state index contributed by atoms with van der Waals surface area (Å²) in [5.74, 6) is 1.42. The van der Waals surface area contributed by atoms with Gasteiger partial charge in [-0.25, -0.2) is 9.97 Å². The van der Waals surface area contributed by atoms with Crippen molar-refractivity contribution in [1.29, 1.82) is 0 Å². The number of ketones is 1. The highest BCUT2D eigenvalue weighted by molar-refractivity contribution is 5.97. The average Bonchev–Trinajstić information content (AvgIpc) is 3.59. The van der Waals surface area contributed by atoms with Crippen molar-refractivity contribution in [2.24, 2.45) is 0 Å². The summed E-state index contributed by atoms with van der Waals surface area (Å²) in [6, 6.07) is 9.73. The molecule has 0 unspecified atom stereocenters. The van der Waals surface area contributed by atoms with Gasteiger partial charge in [0.1, 0.15) is 5.75 Å². The molecule has 178 valence electrons. The zero-order valence-corrected chi connectivity index (χ0v) is 20.3. The van der Waals surface area contributed by atoms with Crippen LogP contribution in [0.25, 0.3) is 11.3 Å². The lowest BCUT2D eigenvalue weighted by Gasteiger charge is -2.18. The average molecular weight is 461 g/mol. The number of carbonyl (C=O) groups excluding carboxylic acids is 1. The van der Waals surface area contributed by atoms with E-state index in [0.29, 0.717) is 24.4 Å². The molecule has 1 aromatic carbocycles. The number of rotatable bonds is 7. The fraction of sp³-hybridized carbons (Fsp3) is 0.407. The predicted molar refractivity (Wildman–Crippen MR) is 133 cm³/mol. The Hall–Kier alpha value is -3.32. The molecule has 7 nitrogen and oxygen atoms in total. The van der Waals surface area contributed by atoms with Crippen molar-refractivity contribution in [3.8, 4) is 17.0 Å². The van der Waals surface area contributed by atoms with Crippen LogP contribution in [-0.4, -0.2) is 46.1 Å². The minimum Gasteiger partial charge on any atom is -0.497 e. The van der Waals surface area contributed by atoms with E-state index in [0.717, 1.165) is 47.8 Å². The largest absolute Gasteiger partial charge is 0.497 e. The first kappa shape index (κ1) is 23.8. The fourth-order valence-corrected chi connectivity index (χ4v) is 4.49. The van der Waals surface area contributed by atoms with E-state index in [1.807, 2.05) is 45.0 Å². The number of hydrogen-bond donors (Lipinski definition) is 1. The molecule has 3 aromatic rings. The van der Waals surface area contributed by atoms with Gasteiger partial charge in [-0.05, 0) is 37.8 Å². The van der Waals surface area contributed by atoms with Gasteiger partial charge in [0.25, 0.3) is 0 Å². The van der Waals surface area contributed by atoms with E-state index in [1.165, 1.54) is 5.56 Å². The standard InChI is InChI=1S/C25H26N4O3.C2H6/c1-16-10-19(32-2)12-21(28-16)18-13-26-24(27-14-18)29-15-25(7-8-25)20-6-5-17(11-22(20)29)23(31)4-3-9-30;1-2/h5-6,10-14,30H,3-4,7-9,15H2,1-2H3;1-2H3. The highest BCUT2D eigenvalue weighted by atomic mass is 16.5. The summed E-state index contributed by atoms with van der Waals surface area (Å²) < 4.78 is 5.36.